The lowest BCUT2D eigenvalue weighted by Crippen LogP contribution is -2.13. The van der Waals surface area contributed by atoms with Gasteiger partial charge in [0.1, 0.15) is 4.21 Å². The van der Waals surface area contributed by atoms with Crippen molar-refractivity contribution in [1.29, 1.82) is 0 Å². The third-order valence-corrected chi connectivity index (χ3v) is 5.79. The van der Waals surface area contributed by atoms with Gasteiger partial charge in [0.2, 0.25) is 0 Å². The summed E-state index contributed by atoms with van der Waals surface area (Å²) < 4.78 is 26.9. The van der Waals surface area contributed by atoms with Crippen LogP contribution in [-0.2, 0) is 21.2 Å². The Labute approximate surface area is 130 Å². The van der Waals surface area contributed by atoms with Crippen molar-refractivity contribution < 1.29 is 18.3 Å². The predicted molar refractivity (Wildman–Crippen MR) is 80.5 cm³/mol. The number of sulfonamides is 1. The molecule has 0 bridgehead atoms. The summed E-state index contributed by atoms with van der Waals surface area (Å²) in [6.45, 7) is 1.70. The van der Waals surface area contributed by atoms with Crippen LogP contribution in [0.1, 0.15) is 10.4 Å². The monoisotopic (exact) mass is 346 g/mol. The smallest absolute Gasteiger partial charge is 0.308 e. The molecule has 9 heteroatoms. The highest BCUT2D eigenvalue weighted by Gasteiger charge is 2.20. The van der Waals surface area contributed by atoms with Gasteiger partial charge in [-0.25, -0.2) is 13.4 Å². The lowest BCUT2D eigenvalue weighted by Gasteiger charge is -2.10. The summed E-state index contributed by atoms with van der Waals surface area (Å²) in [5.74, 6) is -1.01. The van der Waals surface area contributed by atoms with Crippen molar-refractivity contribution in [2.75, 3.05) is 4.72 Å². The molecule has 0 unspecified atom stereocenters. The van der Waals surface area contributed by atoms with Crippen LogP contribution in [0.4, 0.5) is 5.69 Å². The van der Waals surface area contributed by atoms with Gasteiger partial charge in [-0.3, -0.25) is 9.52 Å². The Bertz CT molecular complexity index is 766. The number of carbonyl (C=O) groups is 1. The first-order valence-electron chi connectivity index (χ1n) is 5.74. The highest BCUT2D eigenvalue weighted by molar-refractivity contribution is 7.94. The Hall–Kier alpha value is -1.64. The zero-order valence-electron chi connectivity index (χ0n) is 10.8. The van der Waals surface area contributed by atoms with Gasteiger partial charge in [0, 0.05) is 11.1 Å². The lowest BCUT2D eigenvalue weighted by atomic mass is 10.3. The average molecular weight is 347 g/mol. The minimum Gasteiger partial charge on any atom is -0.481 e. The Kier molecular flexibility index (Phi) is 4.50. The van der Waals surface area contributed by atoms with Crippen LogP contribution in [-0.4, -0.2) is 24.5 Å². The van der Waals surface area contributed by atoms with E-state index in [2.05, 4.69) is 9.71 Å². The van der Waals surface area contributed by atoms with Gasteiger partial charge >= 0.3 is 5.97 Å². The first-order chi connectivity index (χ1) is 9.79. The Morgan fingerprint density at radius 2 is 2.14 bits per heavy atom. The van der Waals surface area contributed by atoms with Gasteiger partial charge in [0.05, 0.1) is 12.1 Å². The second-order valence-electron chi connectivity index (χ2n) is 4.19. The zero-order chi connectivity index (χ0) is 15.6. The number of nitrogens with one attached hydrogen (secondary N) is 1. The summed E-state index contributed by atoms with van der Waals surface area (Å²) >= 11 is 6.79. The molecule has 0 radical (unpaired) electrons. The number of hydrogen-bond acceptors (Lipinski definition) is 5. The molecule has 0 aliphatic heterocycles. The van der Waals surface area contributed by atoms with E-state index in [0.29, 0.717) is 10.4 Å². The SMILES string of the molecule is Cc1ccnc(Cl)c1NS(=O)(=O)c1ccc(CC(=O)O)s1. The lowest BCUT2D eigenvalue weighted by molar-refractivity contribution is -0.136. The fourth-order valence-corrected chi connectivity index (χ4v) is 4.37. The largest absolute Gasteiger partial charge is 0.481 e. The molecule has 0 saturated carbocycles. The Morgan fingerprint density at radius 3 is 2.76 bits per heavy atom. The first-order valence-corrected chi connectivity index (χ1v) is 8.42. The minimum absolute atomic E-state index is 0.0260. The number of carboxylic acid groups (broad SMARTS) is 1. The average Bonchev–Trinajstić information content (AvgIpc) is 2.82. The van der Waals surface area contributed by atoms with Crippen LogP contribution in [0, 0.1) is 6.92 Å². The molecule has 0 spiro atoms. The number of aromatic nitrogens is 1. The van der Waals surface area contributed by atoms with E-state index in [1.807, 2.05) is 0 Å². The minimum atomic E-state index is -3.82. The van der Waals surface area contributed by atoms with Gasteiger partial charge in [0.25, 0.3) is 10.0 Å². The molecule has 112 valence electrons. The second kappa shape index (κ2) is 6.00. The molecule has 0 aliphatic rings. The number of carboxylic acids is 1. The van der Waals surface area contributed by atoms with Crippen molar-refractivity contribution in [2.24, 2.45) is 0 Å². The zero-order valence-corrected chi connectivity index (χ0v) is 13.2. The molecule has 0 aliphatic carbocycles. The third-order valence-electron chi connectivity index (χ3n) is 2.58. The molecule has 2 heterocycles. The van der Waals surface area contributed by atoms with Gasteiger partial charge in [-0.05, 0) is 30.7 Å². The van der Waals surface area contributed by atoms with Crippen molar-refractivity contribution >= 4 is 44.6 Å². The molecule has 2 aromatic rings. The van der Waals surface area contributed by atoms with Crippen LogP contribution >= 0.6 is 22.9 Å². The maximum absolute atomic E-state index is 12.3. The molecule has 0 aromatic carbocycles. The van der Waals surface area contributed by atoms with E-state index in [4.69, 9.17) is 16.7 Å². The van der Waals surface area contributed by atoms with Crippen LogP contribution in [0.15, 0.2) is 28.6 Å². The first kappa shape index (κ1) is 15.7. The van der Waals surface area contributed by atoms with Crippen molar-refractivity contribution in [3.63, 3.8) is 0 Å². The standard InChI is InChI=1S/C12H11ClN2O4S2/c1-7-4-5-14-12(13)11(7)15-21(18,19)10-3-2-8(20-10)6-9(16)17/h2-5,15H,6H2,1H3,(H,16,17). The molecule has 6 nitrogen and oxygen atoms in total. The quantitative estimate of drug-likeness (QED) is 0.811. The van der Waals surface area contributed by atoms with E-state index in [-0.39, 0.29) is 21.5 Å². The number of thiophene rings is 1. The number of pyridine rings is 1. The number of nitrogens with zero attached hydrogens (tertiary/aromatic N) is 1. The van der Waals surface area contributed by atoms with Crippen LogP contribution < -0.4 is 4.72 Å². The van der Waals surface area contributed by atoms with Gasteiger partial charge in [-0.15, -0.1) is 11.3 Å². The molecule has 0 atom stereocenters. The molecule has 0 fully saturated rings. The summed E-state index contributed by atoms with van der Waals surface area (Å²) in [5, 5.41) is 8.76. The highest BCUT2D eigenvalue weighted by atomic mass is 35.5. The molecular weight excluding hydrogens is 336 g/mol. The van der Waals surface area contributed by atoms with E-state index >= 15 is 0 Å². The van der Waals surface area contributed by atoms with E-state index < -0.39 is 16.0 Å². The van der Waals surface area contributed by atoms with Crippen molar-refractivity contribution in [1.82, 2.24) is 4.98 Å². The van der Waals surface area contributed by atoms with E-state index in [1.54, 1.807) is 13.0 Å². The van der Waals surface area contributed by atoms with Gasteiger partial charge in [0.15, 0.2) is 5.15 Å². The van der Waals surface area contributed by atoms with Crippen LogP contribution in [0.25, 0.3) is 0 Å². The normalized spacial score (nSPS) is 11.3. The molecular formula is C12H11ClN2O4S2. The number of halogens is 1. The topological polar surface area (TPSA) is 96.4 Å². The predicted octanol–water partition coefficient (Wildman–Crippen LogP) is 2.53. The summed E-state index contributed by atoms with van der Waals surface area (Å²) in [6, 6.07) is 4.48. The molecule has 2 rings (SSSR count). The fourth-order valence-electron chi connectivity index (χ4n) is 1.58. The van der Waals surface area contributed by atoms with Gasteiger partial charge < -0.3 is 5.11 Å². The maximum Gasteiger partial charge on any atom is 0.308 e. The van der Waals surface area contributed by atoms with Gasteiger partial charge in [-0.1, -0.05) is 11.6 Å². The Morgan fingerprint density at radius 1 is 1.43 bits per heavy atom. The number of anilines is 1. The maximum atomic E-state index is 12.3. The number of aryl methyl sites for hydroxylation is 1. The van der Waals surface area contributed by atoms with Crippen molar-refractivity contribution in [3.05, 3.63) is 40.0 Å². The van der Waals surface area contributed by atoms with Crippen molar-refractivity contribution in [2.45, 2.75) is 17.6 Å². The third kappa shape index (κ3) is 3.72. The van der Waals surface area contributed by atoms with E-state index in [9.17, 15) is 13.2 Å². The summed E-state index contributed by atoms with van der Waals surface area (Å²) in [6.07, 6.45) is 1.26. The molecule has 0 amide bonds. The second-order valence-corrected chi connectivity index (χ2v) is 7.63. The molecule has 2 N–H and O–H groups in total. The summed E-state index contributed by atoms with van der Waals surface area (Å²) in [5.41, 5.74) is 0.855. The molecule has 2 aromatic heterocycles. The van der Waals surface area contributed by atoms with Crippen LogP contribution in [0.5, 0.6) is 0 Å². The van der Waals surface area contributed by atoms with Crippen LogP contribution in [0.2, 0.25) is 5.15 Å². The Balaban J connectivity index is 2.30. The summed E-state index contributed by atoms with van der Waals surface area (Å²) in [7, 11) is -3.82. The van der Waals surface area contributed by atoms with Crippen LogP contribution in [0.3, 0.4) is 0 Å². The number of aliphatic carboxylic acids is 1. The van der Waals surface area contributed by atoms with Crippen molar-refractivity contribution in [3.8, 4) is 0 Å². The van der Waals surface area contributed by atoms with E-state index in [1.165, 1.54) is 18.3 Å². The number of hydrogen-bond donors (Lipinski definition) is 2. The highest BCUT2D eigenvalue weighted by Crippen LogP contribution is 2.28. The molecule has 0 saturated heterocycles. The molecule has 21 heavy (non-hydrogen) atoms. The summed E-state index contributed by atoms with van der Waals surface area (Å²) in [4.78, 5) is 14.9. The fraction of sp³-hybridized carbons (Fsp3) is 0.167. The number of rotatable bonds is 5. The van der Waals surface area contributed by atoms with Gasteiger partial charge in [-0.2, -0.15) is 0 Å². The van der Waals surface area contributed by atoms with E-state index in [0.717, 1.165) is 11.3 Å².